The van der Waals surface area contributed by atoms with Crippen LogP contribution < -0.4 is 0 Å². The van der Waals surface area contributed by atoms with Gasteiger partial charge in [0.2, 0.25) is 0 Å². The predicted octanol–water partition coefficient (Wildman–Crippen LogP) is 4.66. The van der Waals surface area contributed by atoms with Crippen molar-refractivity contribution in [1.82, 2.24) is 0 Å². The van der Waals surface area contributed by atoms with Crippen LogP contribution in [-0.4, -0.2) is 0 Å². The lowest BCUT2D eigenvalue weighted by Gasteiger charge is -2.03. The molecule has 1 aromatic carbocycles. The smallest absolute Gasteiger partial charge is 0.00432 e. The molecule has 0 heterocycles. The quantitative estimate of drug-likeness (QED) is 0.717. The molecule has 0 spiro atoms. The van der Waals surface area contributed by atoms with Crippen molar-refractivity contribution in [3.05, 3.63) is 47.1 Å². The number of fused-ring (bicyclic) bond motifs is 1. The molecule has 0 radical (unpaired) electrons. The zero-order valence-corrected chi connectivity index (χ0v) is 10.8. The minimum absolute atomic E-state index is 1.06. The third-order valence-electron chi connectivity index (χ3n) is 3.09. The first-order chi connectivity index (χ1) is 7.76. The van der Waals surface area contributed by atoms with Gasteiger partial charge in [0.1, 0.15) is 0 Å². The molecule has 0 amide bonds. The van der Waals surface area contributed by atoms with E-state index in [0.717, 1.165) is 24.2 Å². The van der Waals surface area contributed by atoms with Crippen molar-refractivity contribution in [1.29, 1.82) is 0 Å². The molecule has 0 aliphatic heterocycles. The van der Waals surface area contributed by atoms with Gasteiger partial charge in [0.25, 0.3) is 0 Å². The van der Waals surface area contributed by atoms with E-state index in [9.17, 15) is 0 Å². The number of benzene rings is 1. The third-order valence-corrected chi connectivity index (χ3v) is 3.37. The van der Waals surface area contributed by atoms with Crippen LogP contribution in [0, 0.1) is 0 Å². The predicted molar refractivity (Wildman–Crippen MR) is 74.0 cm³/mol. The summed E-state index contributed by atoms with van der Waals surface area (Å²) in [6.07, 6.45) is 7.83. The van der Waals surface area contributed by atoms with Gasteiger partial charge in [0.15, 0.2) is 0 Å². The van der Waals surface area contributed by atoms with Gasteiger partial charge in [-0.1, -0.05) is 32.1 Å². The van der Waals surface area contributed by atoms with Crippen LogP contribution in [0.1, 0.15) is 37.8 Å². The molecule has 84 valence electrons. The molecule has 0 nitrogen and oxygen atoms in total. The Bertz CT molecular complexity index is 453. The van der Waals surface area contributed by atoms with Crippen molar-refractivity contribution in [2.24, 2.45) is 0 Å². The molecule has 1 aromatic rings. The molecule has 0 unspecified atom stereocenters. The molecule has 16 heavy (non-hydrogen) atoms. The summed E-state index contributed by atoms with van der Waals surface area (Å²) in [5.41, 5.74) is 5.85. The van der Waals surface area contributed by atoms with E-state index in [-0.39, 0.29) is 0 Å². The van der Waals surface area contributed by atoms with Crippen molar-refractivity contribution in [2.75, 3.05) is 0 Å². The minimum atomic E-state index is 1.06. The Morgan fingerprint density at radius 1 is 1.31 bits per heavy atom. The molecule has 1 aliphatic rings. The van der Waals surface area contributed by atoms with Gasteiger partial charge < -0.3 is 0 Å². The molecular weight excluding hydrogens is 212 g/mol. The molecule has 0 bridgehead atoms. The second kappa shape index (κ2) is 4.92. The number of hydrogen-bond donors (Lipinski definition) is 1. The van der Waals surface area contributed by atoms with Crippen LogP contribution in [0.2, 0.25) is 0 Å². The van der Waals surface area contributed by atoms with E-state index in [0.29, 0.717) is 0 Å². The molecule has 0 N–H and O–H groups in total. The Morgan fingerprint density at radius 2 is 2.12 bits per heavy atom. The Hall–Kier alpha value is -0.950. The van der Waals surface area contributed by atoms with Crippen LogP contribution in [0.3, 0.4) is 0 Å². The molecule has 0 saturated carbocycles. The van der Waals surface area contributed by atoms with Crippen LogP contribution in [0.15, 0.2) is 40.8 Å². The topological polar surface area (TPSA) is 0 Å². The van der Waals surface area contributed by atoms with Crippen LogP contribution in [0.25, 0.3) is 5.57 Å². The van der Waals surface area contributed by atoms with Crippen molar-refractivity contribution in [3.8, 4) is 0 Å². The Balaban J connectivity index is 2.40. The summed E-state index contributed by atoms with van der Waals surface area (Å²) in [7, 11) is 0. The van der Waals surface area contributed by atoms with E-state index < -0.39 is 0 Å². The second-order valence-electron chi connectivity index (χ2n) is 4.19. The molecule has 1 aliphatic carbocycles. The first-order valence-electron chi connectivity index (χ1n) is 5.97. The van der Waals surface area contributed by atoms with Gasteiger partial charge in [-0.05, 0) is 53.7 Å². The van der Waals surface area contributed by atoms with E-state index in [1.165, 1.54) is 22.3 Å². The van der Waals surface area contributed by atoms with Gasteiger partial charge in [-0.3, -0.25) is 0 Å². The van der Waals surface area contributed by atoms with Crippen molar-refractivity contribution in [2.45, 2.75) is 38.0 Å². The molecule has 0 saturated heterocycles. The lowest BCUT2D eigenvalue weighted by atomic mass is 10.0. The van der Waals surface area contributed by atoms with E-state index in [4.69, 9.17) is 0 Å². The monoisotopic (exact) mass is 230 g/mol. The fraction of sp³-hybridized carbons (Fsp3) is 0.333. The molecule has 2 rings (SSSR count). The van der Waals surface area contributed by atoms with Gasteiger partial charge in [-0.2, -0.15) is 0 Å². The van der Waals surface area contributed by atoms with Crippen molar-refractivity contribution >= 4 is 18.2 Å². The summed E-state index contributed by atoms with van der Waals surface area (Å²) in [5.74, 6) is 0. The molecule has 0 aromatic heterocycles. The second-order valence-corrected chi connectivity index (χ2v) is 4.70. The van der Waals surface area contributed by atoms with Crippen molar-refractivity contribution < 1.29 is 0 Å². The van der Waals surface area contributed by atoms with E-state index in [1.807, 2.05) is 0 Å². The van der Waals surface area contributed by atoms with E-state index in [2.05, 4.69) is 56.8 Å². The highest BCUT2D eigenvalue weighted by Gasteiger charge is 2.18. The summed E-state index contributed by atoms with van der Waals surface area (Å²) in [5, 5.41) is 0. The Kier molecular flexibility index (Phi) is 3.55. The normalized spacial score (nSPS) is 14.9. The molecule has 0 atom stereocenters. The number of allylic oxidation sites excluding steroid dienone is 4. The lowest BCUT2D eigenvalue weighted by molar-refractivity contribution is 1.18. The highest BCUT2D eigenvalue weighted by molar-refractivity contribution is 7.80. The van der Waals surface area contributed by atoms with Gasteiger partial charge in [-0.25, -0.2) is 0 Å². The summed E-state index contributed by atoms with van der Waals surface area (Å²) < 4.78 is 0. The molecule has 0 fully saturated rings. The largest absolute Gasteiger partial charge is 0.143 e. The van der Waals surface area contributed by atoms with Gasteiger partial charge in [-0.15, -0.1) is 12.6 Å². The molecule has 1 heteroatoms. The standard InChI is InChI=1S/C15H18S/c1-3-5-6-11-9-12-10-13(16)7-8-15(12)14(11)4-2/h5-8,10,16H,3-4,9H2,1-2H3/b6-5-. The fourth-order valence-corrected chi connectivity index (χ4v) is 2.57. The van der Waals surface area contributed by atoms with Crippen LogP contribution in [0.5, 0.6) is 0 Å². The molecular formula is C15H18S. The number of hydrogen-bond acceptors (Lipinski definition) is 1. The summed E-state index contributed by atoms with van der Waals surface area (Å²) in [4.78, 5) is 1.06. The van der Waals surface area contributed by atoms with Crippen molar-refractivity contribution in [3.63, 3.8) is 0 Å². The lowest BCUT2D eigenvalue weighted by Crippen LogP contribution is -1.83. The number of rotatable bonds is 3. The average Bonchev–Trinajstić information content (AvgIpc) is 2.62. The minimum Gasteiger partial charge on any atom is -0.143 e. The van der Waals surface area contributed by atoms with E-state index >= 15 is 0 Å². The third kappa shape index (κ3) is 2.10. The van der Waals surface area contributed by atoms with Gasteiger partial charge >= 0.3 is 0 Å². The SMILES string of the molecule is CC/C=C\C1=C(CC)c2ccc(S)cc2C1. The van der Waals surface area contributed by atoms with Crippen LogP contribution >= 0.6 is 12.6 Å². The summed E-state index contributed by atoms with van der Waals surface area (Å²) >= 11 is 4.41. The van der Waals surface area contributed by atoms with Crippen LogP contribution in [0.4, 0.5) is 0 Å². The maximum absolute atomic E-state index is 4.41. The first kappa shape index (κ1) is 11.5. The zero-order valence-electron chi connectivity index (χ0n) is 9.96. The Morgan fingerprint density at radius 3 is 2.81 bits per heavy atom. The summed E-state index contributed by atoms with van der Waals surface area (Å²) in [6, 6.07) is 6.49. The zero-order chi connectivity index (χ0) is 11.5. The van der Waals surface area contributed by atoms with Crippen LogP contribution in [-0.2, 0) is 6.42 Å². The van der Waals surface area contributed by atoms with Gasteiger partial charge in [0.05, 0.1) is 0 Å². The average molecular weight is 230 g/mol. The maximum atomic E-state index is 4.41. The van der Waals surface area contributed by atoms with E-state index in [1.54, 1.807) is 0 Å². The first-order valence-corrected chi connectivity index (χ1v) is 6.41. The Labute approximate surface area is 103 Å². The maximum Gasteiger partial charge on any atom is 0.00432 e. The van der Waals surface area contributed by atoms with Gasteiger partial charge in [0, 0.05) is 4.90 Å². The highest BCUT2D eigenvalue weighted by atomic mass is 32.1. The summed E-state index contributed by atoms with van der Waals surface area (Å²) in [6.45, 7) is 4.41. The fourth-order valence-electron chi connectivity index (χ4n) is 2.34. The highest BCUT2D eigenvalue weighted by Crippen LogP contribution is 2.36. The number of thiol groups is 1.